The van der Waals surface area contributed by atoms with Crippen LogP contribution < -0.4 is 11.2 Å². The molecule has 0 aliphatic carbocycles. The summed E-state index contributed by atoms with van der Waals surface area (Å²) in [6.45, 7) is 3.98. The molecule has 3 N–H and O–H groups in total. The monoisotopic (exact) mass is 213 g/mol. The second kappa shape index (κ2) is 5.05. The maximum absolute atomic E-state index is 10.5. The molecule has 0 fully saturated rings. The first kappa shape index (κ1) is 11.1. The predicted octanol–water partition coefficient (Wildman–Crippen LogP) is 1.83. The lowest BCUT2D eigenvalue weighted by Crippen LogP contribution is -2.25. The molecule has 4 nitrogen and oxygen atoms in total. The average Bonchev–Trinajstić information content (AvgIpc) is 2.15. The molecular weight excluding hydrogens is 198 g/mol. The predicted molar refractivity (Wildman–Crippen MR) is 60.2 cm³/mol. The maximum atomic E-state index is 10.5. The Kier molecular flexibility index (Phi) is 4.00. The maximum Gasteiger partial charge on any atom is 0.332 e. The van der Waals surface area contributed by atoms with Gasteiger partial charge in [0, 0.05) is 0 Å². The number of rotatable bonds is 2. The third kappa shape index (κ3) is 3.06. The van der Waals surface area contributed by atoms with E-state index in [1.54, 1.807) is 0 Å². The van der Waals surface area contributed by atoms with Gasteiger partial charge in [-0.1, -0.05) is 0 Å². The Morgan fingerprint density at radius 3 is 2.93 bits per heavy atom. The molecular formula is C9H15N3OS. The molecule has 0 saturated heterocycles. The Morgan fingerprint density at radius 1 is 1.64 bits per heavy atom. The molecule has 0 bridgehead atoms. The molecule has 0 saturated carbocycles. The third-order valence-corrected chi connectivity index (χ3v) is 3.26. The van der Waals surface area contributed by atoms with Crippen LogP contribution in [0.25, 0.3) is 0 Å². The number of allylic oxidation sites excluding steroid dienone is 2. The van der Waals surface area contributed by atoms with Crippen LogP contribution in [0.3, 0.4) is 0 Å². The quantitative estimate of drug-likeness (QED) is 0.543. The molecule has 5 heteroatoms. The number of carbonyl (C=O) groups excluding carboxylic acids is 1. The molecule has 0 spiro atoms. The molecule has 1 aliphatic rings. The van der Waals surface area contributed by atoms with Gasteiger partial charge in [-0.15, -0.1) is 11.8 Å². The molecule has 1 rings (SSSR count). The van der Waals surface area contributed by atoms with Gasteiger partial charge >= 0.3 is 6.03 Å². The summed E-state index contributed by atoms with van der Waals surface area (Å²) in [5.41, 5.74) is 9.26. The first-order valence-electron chi connectivity index (χ1n) is 4.54. The molecule has 2 amide bonds. The van der Waals surface area contributed by atoms with Gasteiger partial charge in [0.25, 0.3) is 0 Å². The number of amides is 2. The van der Waals surface area contributed by atoms with Gasteiger partial charge in [0.1, 0.15) is 0 Å². The minimum absolute atomic E-state index is 0.619. The van der Waals surface area contributed by atoms with Crippen molar-refractivity contribution >= 4 is 23.5 Å². The second-order valence-electron chi connectivity index (χ2n) is 3.16. The van der Waals surface area contributed by atoms with Gasteiger partial charge in [0.05, 0.1) is 5.71 Å². The zero-order valence-electron chi connectivity index (χ0n) is 8.46. The van der Waals surface area contributed by atoms with Crippen molar-refractivity contribution in [3.05, 3.63) is 10.5 Å². The van der Waals surface area contributed by atoms with E-state index in [1.807, 2.05) is 18.7 Å². The van der Waals surface area contributed by atoms with Crippen LogP contribution in [-0.2, 0) is 0 Å². The van der Waals surface area contributed by atoms with Crippen molar-refractivity contribution in [1.29, 1.82) is 0 Å². The second-order valence-corrected chi connectivity index (χ2v) is 4.47. The van der Waals surface area contributed by atoms with E-state index >= 15 is 0 Å². The van der Waals surface area contributed by atoms with Crippen molar-refractivity contribution in [3.63, 3.8) is 0 Å². The molecule has 0 radical (unpaired) electrons. The SMILES string of the molecule is CC1=C(/C(C)=N/NC(N)=O)CCCS1. The van der Waals surface area contributed by atoms with E-state index in [9.17, 15) is 4.79 Å². The van der Waals surface area contributed by atoms with Gasteiger partial charge < -0.3 is 5.73 Å². The van der Waals surface area contributed by atoms with Crippen LogP contribution >= 0.6 is 11.8 Å². The number of nitrogens with one attached hydrogen (secondary N) is 1. The number of primary amides is 1. The van der Waals surface area contributed by atoms with Gasteiger partial charge in [-0.3, -0.25) is 0 Å². The number of nitrogens with two attached hydrogens (primary N) is 1. The Bertz CT molecular complexity index is 296. The largest absolute Gasteiger partial charge is 0.350 e. The van der Waals surface area contributed by atoms with Crippen LogP contribution in [0.2, 0.25) is 0 Å². The number of thioether (sulfide) groups is 1. The Morgan fingerprint density at radius 2 is 2.36 bits per heavy atom. The van der Waals surface area contributed by atoms with E-state index in [0.717, 1.165) is 12.1 Å². The standard InChI is InChI=1S/C9H15N3OS/c1-6(11-12-9(10)13)8-4-3-5-14-7(8)2/h3-5H2,1-2H3,(H3,10,12,13)/b11-6+. The zero-order valence-corrected chi connectivity index (χ0v) is 9.28. The number of carbonyl (C=O) groups is 1. The molecule has 14 heavy (non-hydrogen) atoms. The number of hydrazone groups is 1. The van der Waals surface area contributed by atoms with E-state index in [0.29, 0.717) is 0 Å². The third-order valence-electron chi connectivity index (χ3n) is 2.09. The smallest absolute Gasteiger partial charge is 0.332 e. The Labute approximate surface area is 88.0 Å². The van der Waals surface area contributed by atoms with Crippen LogP contribution in [0.5, 0.6) is 0 Å². The summed E-state index contributed by atoms with van der Waals surface area (Å²) in [6.07, 6.45) is 2.20. The normalized spacial score (nSPS) is 18.3. The minimum Gasteiger partial charge on any atom is -0.350 e. The summed E-state index contributed by atoms with van der Waals surface area (Å²) >= 11 is 1.84. The van der Waals surface area contributed by atoms with Crippen molar-refractivity contribution in [3.8, 4) is 0 Å². The van der Waals surface area contributed by atoms with E-state index in [4.69, 9.17) is 5.73 Å². The number of hydrogen-bond acceptors (Lipinski definition) is 3. The minimum atomic E-state index is -0.619. The first-order valence-corrected chi connectivity index (χ1v) is 5.52. The van der Waals surface area contributed by atoms with Gasteiger partial charge in [0.15, 0.2) is 0 Å². The van der Waals surface area contributed by atoms with Gasteiger partial charge in [-0.25, -0.2) is 10.2 Å². The summed E-state index contributed by atoms with van der Waals surface area (Å²) in [5, 5.41) is 3.92. The van der Waals surface area contributed by atoms with Crippen molar-refractivity contribution in [2.24, 2.45) is 10.8 Å². The van der Waals surface area contributed by atoms with Crippen LogP contribution in [0.15, 0.2) is 15.6 Å². The topological polar surface area (TPSA) is 67.5 Å². The van der Waals surface area contributed by atoms with Crippen molar-refractivity contribution in [2.45, 2.75) is 26.7 Å². The van der Waals surface area contributed by atoms with Crippen LogP contribution in [0.1, 0.15) is 26.7 Å². The van der Waals surface area contributed by atoms with Crippen molar-refractivity contribution < 1.29 is 4.79 Å². The van der Waals surface area contributed by atoms with E-state index in [2.05, 4.69) is 17.5 Å². The number of urea groups is 1. The summed E-state index contributed by atoms with van der Waals surface area (Å²) in [6, 6.07) is -0.619. The molecule has 1 heterocycles. The van der Waals surface area contributed by atoms with Crippen LogP contribution in [0.4, 0.5) is 4.79 Å². The summed E-state index contributed by atoms with van der Waals surface area (Å²) in [4.78, 5) is 11.7. The molecule has 0 aromatic carbocycles. The summed E-state index contributed by atoms with van der Waals surface area (Å²) in [7, 11) is 0. The van der Waals surface area contributed by atoms with Gasteiger partial charge in [-0.05, 0) is 42.9 Å². The molecule has 78 valence electrons. The van der Waals surface area contributed by atoms with E-state index in [1.165, 1.54) is 22.7 Å². The summed E-state index contributed by atoms with van der Waals surface area (Å²) < 4.78 is 0. The number of nitrogens with zero attached hydrogens (tertiary/aromatic N) is 1. The molecule has 0 aromatic rings. The van der Waals surface area contributed by atoms with Crippen LogP contribution in [0, 0.1) is 0 Å². The number of hydrogen-bond donors (Lipinski definition) is 2. The lowest BCUT2D eigenvalue weighted by Gasteiger charge is -2.16. The highest BCUT2D eigenvalue weighted by molar-refractivity contribution is 8.03. The highest BCUT2D eigenvalue weighted by Gasteiger charge is 2.12. The lowest BCUT2D eigenvalue weighted by molar-refractivity contribution is 0.249. The van der Waals surface area contributed by atoms with Crippen molar-refractivity contribution in [2.75, 3.05) is 5.75 Å². The Hall–Kier alpha value is -0.970. The zero-order chi connectivity index (χ0) is 10.6. The lowest BCUT2D eigenvalue weighted by atomic mass is 10.1. The van der Waals surface area contributed by atoms with Gasteiger partial charge in [-0.2, -0.15) is 5.10 Å². The fourth-order valence-electron chi connectivity index (χ4n) is 1.38. The molecule has 0 unspecified atom stereocenters. The average molecular weight is 213 g/mol. The molecule has 1 aliphatic heterocycles. The van der Waals surface area contributed by atoms with E-state index < -0.39 is 6.03 Å². The molecule has 0 atom stereocenters. The first-order chi connectivity index (χ1) is 6.61. The van der Waals surface area contributed by atoms with Gasteiger partial charge in [0.2, 0.25) is 0 Å². The van der Waals surface area contributed by atoms with Crippen molar-refractivity contribution in [1.82, 2.24) is 5.43 Å². The van der Waals surface area contributed by atoms with Crippen LogP contribution in [-0.4, -0.2) is 17.5 Å². The fourth-order valence-corrected chi connectivity index (χ4v) is 2.40. The highest BCUT2D eigenvalue weighted by atomic mass is 32.2. The molecule has 0 aromatic heterocycles. The summed E-state index contributed by atoms with van der Waals surface area (Å²) in [5.74, 6) is 1.17. The Balaban J connectivity index is 2.71. The highest BCUT2D eigenvalue weighted by Crippen LogP contribution is 2.29. The van der Waals surface area contributed by atoms with E-state index in [-0.39, 0.29) is 0 Å². The fraction of sp³-hybridized carbons (Fsp3) is 0.556.